The Morgan fingerprint density at radius 2 is 0.886 bits per heavy atom. The maximum atomic E-state index is 12.1. The monoisotopic (exact) mass is 621 g/mol. The van der Waals surface area contributed by atoms with Crippen LogP contribution in [0.4, 0.5) is 0 Å². The molecule has 0 aliphatic heterocycles. The minimum absolute atomic E-state index is 0.175. The van der Waals surface area contributed by atoms with E-state index in [9.17, 15) is 9.90 Å². The Hall–Kier alpha value is -1.13. The van der Waals surface area contributed by atoms with Gasteiger partial charge in [0.2, 0.25) is 0 Å². The maximum absolute atomic E-state index is 12.1. The predicted molar refractivity (Wildman–Crippen MR) is 191 cm³/mol. The lowest BCUT2D eigenvalue weighted by Crippen LogP contribution is -2.27. The Balaban J connectivity index is 3.44. The molecule has 0 bridgehead atoms. The summed E-state index contributed by atoms with van der Waals surface area (Å²) >= 11 is 0. The largest absolute Gasteiger partial charge is 0.457 e. The van der Waals surface area contributed by atoms with Gasteiger partial charge in [-0.2, -0.15) is 0 Å². The van der Waals surface area contributed by atoms with Crippen molar-refractivity contribution >= 4 is 5.97 Å². The smallest absolute Gasteiger partial charge is 0.306 e. The lowest BCUT2D eigenvalue weighted by Gasteiger charge is -2.15. The van der Waals surface area contributed by atoms with Crippen LogP contribution in [0.5, 0.6) is 0 Å². The van der Waals surface area contributed by atoms with E-state index in [0.717, 1.165) is 19.3 Å². The summed E-state index contributed by atoms with van der Waals surface area (Å²) in [5.74, 6) is -0.210. The zero-order chi connectivity index (χ0) is 32.0. The van der Waals surface area contributed by atoms with Gasteiger partial charge in [0.1, 0.15) is 6.10 Å². The Morgan fingerprint density at radius 1 is 0.523 bits per heavy atom. The van der Waals surface area contributed by atoms with E-state index in [-0.39, 0.29) is 12.6 Å². The molecule has 0 aliphatic carbocycles. The molecule has 1 unspecified atom stereocenters. The molecule has 0 amide bonds. The minimum atomic E-state index is -0.538. The van der Waals surface area contributed by atoms with Gasteiger partial charge in [0, 0.05) is 13.0 Å². The number of carbonyl (C=O) groups is 1. The fraction of sp³-hybridized carbons (Fsp3) is 0.875. The Morgan fingerprint density at radius 3 is 1.30 bits per heavy atom. The molecule has 44 heavy (non-hydrogen) atoms. The van der Waals surface area contributed by atoms with Crippen LogP contribution in [0, 0.1) is 0 Å². The molecule has 0 radical (unpaired) electrons. The maximum Gasteiger partial charge on any atom is 0.306 e. The topological polar surface area (TPSA) is 55.8 Å². The van der Waals surface area contributed by atoms with Crippen molar-refractivity contribution in [3.05, 3.63) is 24.3 Å². The van der Waals surface area contributed by atoms with Crippen molar-refractivity contribution in [2.24, 2.45) is 0 Å². The van der Waals surface area contributed by atoms with E-state index in [1.807, 2.05) is 0 Å². The first-order valence-electron chi connectivity index (χ1n) is 19.4. The molecule has 0 saturated heterocycles. The molecule has 0 rings (SSSR count). The van der Waals surface area contributed by atoms with Crippen molar-refractivity contribution < 1.29 is 19.4 Å². The van der Waals surface area contributed by atoms with Crippen LogP contribution in [-0.4, -0.2) is 37.0 Å². The second-order valence-electron chi connectivity index (χ2n) is 13.0. The van der Waals surface area contributed by atoms with Crippen molar-refractivity contribution in [3.8, 4) is 0 Å². The van der Waals surface area contributed by atoms with E-state index in [1.165, 1.54) is 161 Å². The summed E-state index contributed by atoms with van der Waals surface area (Å²) in [6.07, 6.45) is 45.1. The number of aliphatic hydroxyl groups excluding tert-OH is 1. The zero-order valence-corrected chi connectivity index (χ0v) is 29.7. The van der Waals surface area contributed by atoms with Crippen LogP contribution in [0.15, 0.2) is 24.3 Å². The van der Waals surface area contributed by atoms with Gasteiger partial charge in [-0.05, 0) is 64.2 Å². The number of hydrogen-bond acceptors (Lipinski definition) is 4. The number of hydrogen-bond donors (Lipinski definition) is 1. The summed E-state index contributed by atoms with van der Waals surface area (Å²) < 4.78 is 11.1. The lowest BCUT2D eigenvalue weighted by molar-refractivity contribution is -0.154. The molecular formula is C40H76O4. The molecule has 0 aromatic heterocycles. The van der Waals surface area contributed by atoms with Gasteiger partial charge in [-0.1, -0.05) is 154 Å². The molecule has 260 valence electrons. The van der Waals surface area contributed by atoms with E-state index < -0.39 is 6.10 Å². The van der Waals surface area contributed by atoms with Crippen LogP contribution in [0.1, 0.15) is 200 Å². The fourth-order valence-electron chi connectivity index (χ4n) is 5.55. The second kappa shape index (κ2) is 38.1. The van der Waals surface area contributed by atoms with E-state index in [1.54, 1.807) is 0 Å². The number of allylic oxidation sites excluding steroid dienone is 4. The molecule has 0 aromatic carbocycles. The summed E-state index contributed by atoms with van der Waals surface area (Å²) in [4.78, 5) is 12.1. The number of esters is 1. The SMILES string of the molecule is CCCCCCCC/C=C\CCCCCCCC(=O)OC(CO)COCCCCCCCC/C=C\CCCCCCCCC. The third-order valence-corrected chi connectivity index (χ3v) is 8.50. The van der Waals surface area contributed by atoms with Crippen LogP contribution in [-0.2, 0) is 14.3 Å². The van der Waals surface area contributed by atoms with Gasteiger partial charge < -0.3 is 14.6 Å². The molecule has 0 aliphatic rings. The Bertz CT molecular complexity index is 614. The van der Waals surface area contributed by atoms with Crippen LogP contribution in [0.3, 0.4) is 0 Å². The molecular weight excluding hydrogens is 544 g/mol. The van der Waals surface area contributed by atoms with E-state index in [2.05, 4.69) is 38.2 Å². The predicted octanol–water partition coefficient (Wildman–Crippen LogP) is 12.4. The molecule has 0 spiro atoms. The van der Waals surface area contributed by atoms with Crippen molar-refractivity contribution in [3.63, 3.8) is 0 Å². The van der Waals surface area contributed by atoms with Crippen LogP contribution >= 0.6 is 0 Å². The summed E-state index contributed by atoms with van der Waals surface area (Å²) in [7, 11) is 0. The summed E-state index contributed by atoms with van der Waals surface area (Å²) in [5.41, 5.74) is 0. The van der Waals surface area contributed by atoms with Gasteiger partial charge in [-0.15, -0.1) is 0 Å². The van der Waals surface area contributed by atoms with Gasteiger partial charge in [0.15, 0.2) is 0 Å². The third-order valence-electron chi connectivity index (χ3n) is 8.50. The van der Waals surface area contributed by atoms with E-state index >= 15 is 0 Å². The third kappa shape index (κ3) is 35.4. The number of unbranched alkanes of at least 4 members (excludes halogenated alkanes) is 24. The number of ether oxygens (including phenoxy) is 2. The van der Waals surface area contributed by atoms with E-state index in [4.69, 9.17) is 9.47 Å². The number of carbonyl (C=O) groups excluding carboxylic acids is 1. The highest BCUT2D eigenvalue weighted by Gasteiger charge is 2.13. The van der Waals surface area contributed by atoms with Gasteiger partial charge in [-0.25, -0.2) is 0 Å². The van der Waals surface area contributed by atoms with Gasteiger partial charge in [0.05, 0.1) is 13.2 Å². The van der Waals surface area contributed by atoms with Crippen molar-refractivity contribution in [1.82, 2.24) is 0 Å². The summed E-state index contributed by atoms with van der Waals surface area (Å²) in [6, 6.07) is 0. The summed E-state index contributed by atoms with van der Waals surface area (Å²) in [5, 5.41) is 9.56. The first-order chi connectivity index (χ1) is 21.7. The first-order valence-corrected chi connectivity index (χ1v) is 19.4. The molecule has 4 nitrogen and oxygen atoms in total. The molecule has 1 N–H and O–H groups in total. The highest BCUT2D eigenvalue weighted by molar-refractivity contribution is 5.69. The molecule has 0 saturated carbocycles. The zero-order valence-electron chi connectivity index (χ0n) is 29.7. The lowest BCUT2D eigenvalue weighted by atomic mass is 10.1. The second-order valence-corrected chi connectivity index (χ2v) is 13.0. The minimum Gasteiger partial charge on any atom is -0.457 e. The van der Waals surface area contributed by atoms with Gasteiger partial charge in [0.25, 0.3) is 0 Å². The highest BCUT2D eigenvalue weighted by atomic mass is 16.6. The summed E-state index contributed by atoms with van der Waals surface area (Å²) in [6.45, 7) is 5.33. The van der Waals surface area contributed by atoms with Crippen LogP contribution in [0.25, 0.3) is 0 Å². The van der Waals surface area contributed by atoms with E-state index in [0.29, 0.717) is 19.6 Å². The molecule has 0 heterocycles. The Labute approximate surface area is 275 Å². The van der Waals surface area contributed by atoms with Crippen molar-refractivity contribution in [1.29, 1.82) is 0 Å². The number of aliphatic hydroxyl groups is 1. The van der Waals surface area contributed by atoms with Crippen LogP contribution in [0.2, 0.25) is 0 Å². The molecule has 1 atom stereocenters. The van der Waals surface area contributed by atoms with Gasteiger partial charge in [-0.3, -0.25) is 4.79 Å². The fourth-order valence-corrected chi connectivity index (χ4v) is 5.55. The number of rotatable bonds is 36. The van der Waals surface area contributed by atoms with Crippen LogP contribution < -0.4 is 0 Å². The standard InChI is InChI=1S/C40H76O4/c1-3-5-7-9-11-13-15-17-19-20-22-24-26-28-30-32-34-36-43-38-39(37-41)44-40(42)35-33-31-29-27-25-23-21-18-16-14-12-10-8-6-4-2/h18-21,39,41H,3-17,22-38H2,1-2H3/b20-19-,21-18-. The van der Waals surface area contributed by atoms with Crippen molar-refractivity contribution in [2.75, 3.05) is 19.8 Å². The average Bonchev–Trinajstić information content (AvgIpc) is 3.03. The normalized spacial score (nSPS) is 12.5. The highest BCUT2D eigenvalue weighted by Crippen LogP contribution is 2.12. The molecule has 0 aromatic rings. The average molecular weight is 621 g/mol. The quantitative estimate of drug-likeness (QED) is 0.0430. The molecule has 0 fully saturated rings. The first kappa shape index (κ1) is 42.9. The van der Waals surface area contributed by atoms with Crippen molar-refractivity contribution in [2.45, 2.75) is 206 Å². The van der Waals surface area contributed by atoms with Gasteiger partial charge >= 0.3 is 5.97 Å². The molecule has 4 heteroatoms. The Kier molecular flexibility index (Phi) is 37.1.